The van der Waals surface area contributed by atoms with Crippen LogP contribution in [0.25, 0.3) is 0 Å². The maximum absolute atomic E-state index is 10.9. The highest BCUT2D eigenvalue weighted by Gasteiger charge is 2.28. The van der Waals surface area contributed by atoms with E-state index in [1.54, 1.807) is 6.07 Å². The molecule has 0 radical (unpaired) electrons. The summed E-state index contributed by atoms with van der Waals surface area (Å²) in [6.07, 6.45) is 3.11. The molecule has 3 rings (SSSR count). The first-order valence-corrected chi connectivity index (χ1v) is 5.49. The molecule has 90 valence electrons. The molecule has 0 atom stereocenters. The van der Waals surface area contributed by atoms with E-state index >= 15 is 0 Å². The topological polar surface area (TPSA) is 70.8 Å². The maximum Gasteiger partial charge on any atom is 0.314 e. The fraction of sp³-hybridized carbons (Fsp3) is 0.455. The second-order valence-electron chi connectivity index (χ2n) is 4.10. The number of ether oxygens (including phenoxy) is 3. The van der Waals surface area contributed by atoms with E-state index in [-0.39, 0.29) is 24.3 Å². The number of nitrogens with zero attached hydrogens (tertiary/aromatic N) is 1. The van der Waals surface area contributed by atoms with Gasteiger partial charge in [0.1, 0.15) is 0 Å². The Morgan fingerprint density at radius 3 is 2.59 bits per heavy atom. The van der Waals surface area contributed by atoms with Gasteiger partial charge in [0.2, 0.25) is 12.5 Å². The molecule has 6 heteroatoms. The number of nitro groups is 1. The van der Waals surface area contributed by atoms with Crippen molar-refractivity contribution in [2.75, 3.05) is 6.79 Å². The third-order valence-corrected chi connectivity index (χ3v) is 3.00. The molecule has 2 aliphatic rings. The molecule has 0 unspecified atom stereocenters. The quantitative estimate of drug-likeness (QED) is 0.595. The Morgan fingerprint density at radius 1 is 1.29 bits per heavy atom. The van der Waals surface area contributed by atoms with Crippen LogP contribution in [0.3, 0.4) is 0 Å². The molecule has 0 amide bonds. The molecular weight excluding hydrogens is 226 g/mol. The highest BCUT2D eigenvalue weighted by Crippen LogP contribution is 2.43. The van der Waals surface area contributed by atoms with Crippen molar-refractivity contribution >= 4 is 5.69 Å². The molecule has 1 saturated carbocycles. The summed E-state index contributed by atoms with van der Waals surface area (Å²) in [6.45, 7) is 0.0966. The van der Waals surface area contributed by atoms with E-state index in [0.717, 1.165) is 19.3 Å². The first-order chi connectivity index (χ1) is 8.24. The van der Waals surface area contributed by atoms with Gasteiger partial charge in [-0.25, -0.2) is 0 Å². The van der Waals surface area contributed by atoms with Crippen molar-refractivity contribution in [2.24, 2.45) is 0 Å². The smallest absolute Gasteiger partial charge is 0.314 e. The van der Waals surface area contributed by atoms with Crippen LogP contribution in [0.1, 0.15) is 19.3 Å². The lowest BCUT2D eigenvalue weighted by Gasteiger charge is -2.26. The Hall–Kier alpha value is -1.98. The summed E-state index contributed by atoms with van der Waals surface area (Å²) in [5.74, 6) is 1.17. The zero-order valence-electron chi connectivity index (χ0n) is 9.05. The van der Waals surface area contributed by atoms with Crippen LogP contribution in [0.2, 0.25) is 0 Å². The first kappa shape index (κ1) is 10.2. The third-order valence-electron chi connectivity index (χ3n) is 3.00. The summed E-state index contributed by atoms with van der Waals surface area (Å²) in [6, 6.07) is 2.90. The molecule has 1 aliphatic heterocycles. The molecule has 1 aromatic rings. The lowest BCUT2D eigenvalue weighted by Crippen LogP contribution is -2.24. The van der Waals surface area contributed by atoms with Crippen LogP contribution in [0, 0.1) is 10.1 Å². The average molecular weight is 237 g/mol. The SMILES string of the molecule is O=[N+]([O-])c1cc2c(cc1OC1CCC1)OCO2. The highest BCUT2D eigenvalue weighted by molar-refractivity contribution is 5.59. The van der Waals surface area contributed by atoms with Crippen molar-refractivity contribution in [2.45, 2.75) is 25.4 Å². The minimum absolute atomic E-state index is 0.0684. The van der Waals surface area contributed by atoms with Gasteiger partial charge in [0.15, 0.2) is 11.5 Å². The van der Waals surface area contributed by atoms with Crippen LogP contribution in [0.5, 0.6) is 17.2 Å². The van der Waals surface area contributed by atoms with Crippen molar-refractivity contribution in [3.8, 4) is 17.2 Å². The third kappa shape index (κ3) is 1.75. The fourth-order valence-corrected chi connectivity index (χ4v) is 1.82. The largest absolute Gasteiger partial charge is 0.483 e. The first-order valence-electron chi connectivity index (χ1n) is 5.49. The Labute approximate surface area is 97.2 Å². The molecule has 0 saturated heterocycles. The van der Waals surface area contributed by atoms with E-state index in [1.807, 2.05) is 0 Å². The Morgan fingerprint density at radius 2 is 2.00 bits per heavy atom. The van der Waals surface area contributed by atoms with E-state index in [4.69, 9.17) is 14.2 Å². The van der Waals surface area contributed by atoms with Crippen LogP contribution in [0.4, 0.5) is 5.69 Å². The van der Waals surface area contributed by atoms with Gasteiger partial charge in [0.25, 0.3) is 0 Å². The van der Waals surface area contributed by atoms with Crippen LogP contribution < -0.4 is 14.2 Å². The monoisotopic (exact) mass is 237 g/mol. The summed E-state index contributed by atoms with van der Waals surface area (Å²) in [4.78, 5) is 10.5. The van der Waals surface area contributed by atoms with Gasteiger partial charge in [-0.2, -0.15) is 0 Å². The summed E-state index contributed by atoms with van der Waals surface area (Å²) in [5.41, 5.74) is -0.0684. The van der Waals surface area contributed by atoms with Gasteiger partial charge in [-0.05, 0) is 19.3 Å². The zero-order valence-corrected chi connectivity index (χ0v) is 9.05. The van der Waals surface area contributed by atoms with Crippen molar-refractivity contribution in [3.05, 3.63) is 22.2 Å². The summed E-state index contributed by atoms with van der Waals surface area (Å²) in [5, 5.41) is 10.9. The molecule has 0 aromatic heterocycles. The second kappa shape index (κ2) is 3.80. The number of hydrogen-bond acceptors (Lipinski definition) is 5. The molecular formula is C11H11NO5. The second-order valence-corrected chi connectivity index (χ2v) is 4.10. The molecule has 1 fully saturated rings. The summed E-state index contributed by atoms with van der Waals surface area (Å²) >= 11 is 0. The zero-order chi connectivity index (χ0) is 11.8. The average Bonchev–Trinajstić information content (AvgIpc) is 2.68. The fourth-order valence-electron chi connectivity index (χ4n) is 1.82. The molecule has 0 N–H and O–H groups in total. The minimum Gasteiger partial charge on any atom is -0.483 e. The van der Waals surface area contributed by atoms with Crippen molar-refractivity contribution in [1.82, 2.24) is 0 Å². The molecule has 0 spiro atoms. The molecule has 1 aliphatic carbocycles. The van der Waals surface area contributed by atoms with Crippen LogP contribution >= 0.6 is 0 Å². The van der Waals surface area contributed by atoms with Gasteiger partial charge < -0.3 is 14.2 Å². The van der Waals surface area contributed by atoms with E-state index in [9.17, 15) is 10.1 Å². The van der Waals surface area contributed by atoms with Crippen LogP contribution in [0.15, 0.2) is 12.1 Å². The number of benzene rings is 1. The van der Waals surface area contributed by atoms with Crippen molar-refractivity contribution in [1.29, 1.82) is 0 Å². The van der Waals surface area contributed by atoms with Gasteiger partial charge in [-0.1, -0.05) is 0 Å². The Bertz CT molecular complexity index is 469. The van der Waals surface area contributed by atoms with E-state index in [1.165, 1.54) is 6.07 Å². The van der Waals surface area contributed by atoms with Gasteiger partial charge in [0, 0.05) is 6.07 Å². The molecule has 1 heterocycles. The molecule has 6 nitrogen and oxygen atoms in total. The van der Waals surface area contributed by atoms with Gasteiger partial charge in [-0.3, -0.25) is 10.1 Å². The summed E-state index contributed by atoms with van der Waals surface area (Å²) < 4.78 is 15.9. The minimum atomic E-state index is -0.462. The van der Waals surface area contributed by atoms with Crippen LogP contribution in [-0.2, 0) is 0 Å². The predicted molar refractivity (Wildman–Crippen MR) is 57.5 cm³/mol. The van der Waals surface area contributed by atoms with Crippen molar-refractivity contribution < 1.29 is 19.1 Å². The van der Waals surface area contributed by atoms with E-state index in [0.29, 0.717) is 11.5 Å². The standard InChI is InChI=1S/C11H11NO5/c13-12(14)8-4-10-11(16-6-15-10)5-9(8)17-7-2-1-3-7/h4-5,7H,1-3,6H2. The highest BCUT2D eigenvalue weighted by atomic mass is 16.7. The van der Waals surface area contributed by atoms with Gasteiger partial charge >= 0.3 is 5.69 Å². The normalized spacial score (nSPS) is 17.6. The predicted octanol–water partition coefficient (Wildman–Crippen LogP) is 2.25. The summed E-state index contributed by atoms with van der Waals surface area (Å²) in [7, 11) is 0. The Balaban J connectivity index is 1.95. The molecule has 0 bridgehead atoms. The number of nitro benzene ring substituents is 1. The Kier molecular flexibility index (Phi) is 2.28. The van der Waals surface area contributed by atoms with E-state index in [2.05, 4.69) is 0 Å². The van der Waals surface area contributed by atoms with Gasteiger partial charge in [0.05, 0.1) is 17.1 Å². The number of rotatable bonds is 3. The lowest BCUT2D eigenvalue weighted by molar-refractivity contribution is -0.386. The van der Waals surface area contributed by atoms with E-state index < -0.39 is 4.92 Å². The number of fused-ring (bicyclic) bond motifs is 1. The lowest BCUT2D eigenvalue weighted by atomic mass is 9.96. The van der Waals surface area contributed by atoms with Crippen LogP contribution in [-0.4, -0.2) is 17.8 Å². The molecule has 1 aromatic carbocycles. The molecule has 17 heavy (non-hydrogen) atoms. The van der Waals surface area contributed by atoms with Gasteiger partial charge in [-0.15, -0.1) is 0 Å². The number of hydrogen-bond donors (Lipinski definition) is 0. The van der Waals surface area contributed by atoms with Crippen molar-refractivity contribution in [3.63, 3.8) is 0 Å². The maximum atomic E-state index is 10.9.